The van der Waals surface area contributed by atoms with E-state index in [0.29, 0.717) is 5.71 Å². The average molecular weight is 253 g/mol. The third-order valence-electron chi connectivity index (χ3n) is 3.96. The van der Waals surface area contributed by atoms with Crippen LogP contribution in [0.5, 0.6) is 0 Å². The Kier molecular flexibility index (Phi) is 2.59. The van der Waals surface area contributed by atoms with Gasteiger partial charge in [0.2, 0.25) is 0 Å². The van der Waals surface area contributed by atoms with Crippen molar-refractivity contribution in [3.8, 4) is 0 Å². The fraction of sp³-hybridized carbons (Fsp3) is 0.375. The van der Waals surface area contributed by atoms with E-state index in [9.17, 15) is 0 Å². The van der Waals surface area contributed by atoms with Crippen LogP contribution >= 0.6 is 0 Å². The third-order valence-corrected chi connectivity index (χ3v) is 3.96. The van der Waals surface area contributed by atoms with Gasteiger partial charge in [-0.3, -0.25) is 4.99 Å². The first-order valence-corrected chi connectivity index (χ1v) is 6.66. The summed E-state index contributed by atoms with van der Waals surface area (Å²) in [6, 6.07) is 4.26. The van der Waals surface area contributed by atoms with Gasteiger partial charge in [-0.2, -0.15) is 0 Å². The lowest BCUT2D eigenvalue weighted by Crippen LogP contribution is -2.41. The van der Waals surface area contributed by atoms with Crippen molar-refractivity contribution in [1.82, 2.24) is 0 Å². The van der Waals surface area contributed by atoms with Gasteiger partial charge in [0.25, 0.3) is 0 Å². The molecule has 98 valence electrons. The molecular weight excluding hydrogens is 234 g/mol. The molecule has 0 aromatic heterocycles. The van der Waals surface area contributed by atoms with Gasteiger partial charge in [0.05, 0.1) is 11.6 Å². The smallest absolute Gasteiger partial charge is 0.131 e. The molecule has 3 heteroatoms. The van der Waals surface area contributed by atoms with E-state index >= 15 is 0 Å². The van der Waals surface area contributed by atoms with Gasteiger partial charge in [-0.25, -0.2) is 0 Å². The normalized spacial score (nSPS) is 24.9. The zero-order chi connectivity index (χ0) is 13.7. The highest BCUT2D eigenvalue weighted by Crippen LogP contribution is 2.37. The SMILES string of the molecule is CC1=CC(C)=N[C@H]2Nc3c(C)cc(C)cc3C(=N)[C@@H]12. The summed E-state index contributed by atoms with van der Waals surface area (Å²) in [6.07, 6.45) is 2.07. The quantitative estimate of drug-likeness (QED) is 0.731. The Morgan fingerprint density at radius 1 is 1.16 bits per heavy atom. The Morgan fingerprint density at radius 2 is 1.89 bits per heavy atom. The molecule has 0 unspecified atom stereocenters. The molecule has 2 atom stereocenters. The molecule has 1 aromatic rings. The van der Waals surface area contributed by atoms with E-state index < -0.39 is 0 Å². The summed E-state index contributed by atoms with van der Waals surface area (Å²) in [7, 11) is 0. The van der Waals surface area contributed by atoms with Gasteiger partial charge in [-0.15, -0.1) is 0 Å². The Morgan fingerprint density at radius 3 is 2.63 bits per heavy atom. The standard InChI is InChI=1S/C16H19N3/c1-8-5-10(3)15-12(6-8)14(17)13-9(2)7-11(4)18-16(13)19-15/h5-7,13,16-17,19H,1-4H3/t13-,16+/m1/s1. The zero-order valence-electron chi connectivity index (χ0n) is 11.8. The topological polar surface area (TPSA) is 48.2 Å². The van der Waals surface area contributed by atoms with E-state index in [1.54, 1.807) is 0 Å². The summed E-state index contributed by atoms with van der Waals surface area (Å²) < 4.78 is 0. The number of fused-ring (bicyclic) bond motifs is 2. The first-order valence-electron chi connectivity index (χ1n) is 6.66. The molecule has 0 radical (unpaired) electrons. The summed E-state index contributed by atoms with van der Waals surface area (Å²) in [6.45, 7) is 8.29. The Balaban J connectivity index is 2.16. The Hall–Kier alpha value is -1.90. The number of nitrogens with one attached hydrogen (secondary N) is 2. The van der Waals surface area contributed by atoms with E-state index in [0.717, 1.165) is 17.0 Å². The lowest BCUT2D eigenvalue weighted by molar-refractivity contribution is 0.630. The van der Waals surface area contributed by atoms with Crippen molar-refractivity contribution >= 4 is 17.1 Å². The molecule has 19 heavy (non-hydrogen) atoms. The van der Waals surface area contributed by atoms with Crippen LogP contribution in [0, 0.1) is 25.2 Å². The van der Waals surface area contributed by atoms with Gasteiger partial charge in [-0.1, -0.05) is 17.2 Å². The van der Waals surface area contributed by atoms with Gasteiger partial charge >= 0.3 is 0 Å². The number of aliphatic imine (C=N–C) groups is 1. The molecule has 0 fully saturated rings. The molecule has 2 heterocycles. The van der Waals surface area contributed by atoms with E-state index in [2.05, 4.69) is 49.3 Å². The number of anilines is 1. The molecule has 3 nitrogen and oxygen atoms in total. The summed E-state index contributed by atoms with van der Waals surface area (Å²) in [5, 5.41) is 12.1. The number of nitrogens with zero attached hydrogens (tertiary/aromatic N) is 1. The molecule has 0 spiro atoms. The number of benzene rings is 1. The second kappa shape index (κ2) is 4.05. The van der Waals surface area contributed by atoms with Crippen molar-refractivity contribution in [2.75, 3.05) is 5.32 Å². The maximum Gasteiger partial charge on any atom is 0.131 e. The lowest BCUT2D eigenvalue weighted by Gasteiger charge is -2.37. The van der Waals surface area contributed by atoms with Crippen molar-refractivity contribution in [2.24, 2.45) is 10.9 Å². The molecule has 2 aliphatic rings. The number of dihydropyridines is 1. The largest absolute Gasteiger partial charge is 0.362 e. The monoisotopic (exact) mass is 253 g/mol. The van der Waals surface area contributed by atoms with Crippen LogP contribution in [0.15, 0.2) is 28.8 Å². The van der Waals surface area contributed by atoms with Crippen LogP contribution in [-0.2, 0) is 0 Å². The highest BCUT2D eigenvalue weighted by atomic mass is 15.1. The number of rotatable bonds is 0. The molecule has 0 amide bonds. The molecule has 0 bridgehead atoms. The highest BCUT2D eigenvalue weighted by Gasteiger charge is 2.36. The fourth-order valence-electron chi connectivity index (χ4n) is 3.19. The van der Waals surface area contributed by atoms with Crippen molar-refractivity contribution in [1.29, 1.82) is 5.41 Å². The van der Waals surface area contributed by atoms with E-state index in [1.807, 2.05) is 6.92 Å². The van der Waals surface area contributed by atoms with Gasteiger partial charge in [-0.05, 0) is 45.4 Å². The average Bonchev–Trinajstić information content (AvgIpc) is 2.30. The molecule has 2 N–H and O–H groups in total. The minimum Gasteiger partial charge on any atom is -0.362 e. The van der Waals surface area contributed by atoms with E-state index in [1.165, 1.54) is 16.7 Å². The molecule has 3 rings (SSSR count). The van der Waals surface area contributed by atoms with Crippen molar-refractivity contribution in [3.05, 3.63) is 40.5 Å². The predicted molar refractivity (Wildman–Crippen MR) is 80.5 cm³/mol. The van der Waals surface area contributed by atoms with Crippen molar-refractivity contribution in [2.45, 2.75) is 33.9 Å². The summed E-state index contributed by atoms with van der Waals surface area (Å²) >= 11 is 0. The second-order valence-corrected chi connectivity index (χ2v) is 5.64. The minimum atomic E-state index is -0.0218. The van der Waals surface area contributed by atoms with Crippen molar-refractivity contribution < 1.29 is 0 Å². The second-order valence-electron chi connectivity index (χ2n) is 5.64. The summed E-state index contributed by atoms with van der Waals surface area (Å²) in [4.78, 5) is 4.66. The van der Waals surface area contributed by atoms with Crippen LogP contribution in [0.1, 0.15) is 30.5 Å². The third kappa shape index (κ3) is 1.81. The van der Waals surface area contributed by atoms with Gasteiger partial charge in [0, 0.05) is 17.0 Å². The number of hydrogen-bond acceptors (Lipinski definition) is 3. The molecule has 0 saturated heterocycles. The fourth-order valence-corrected chi connectivity index (χ4v) is 3.19. The van der Waals surface area contributed by atoms with Gasteiger partial charge in [0.1, 0.15) is 6.17 Å². The van der Waals surface area contributed by atoms with Crippen LogP contribution in [-0.4, -0.2) is 17.6 Å². The van der Waals surface area contributed by atoms with Crippen LogP contribution in [0.3, 0.4) is 0 Å². The van der Waals surface area contributed by atoms with Crippen LogP contribution < -0.4 is 5.32 Å². The van der Waals surface area contributed by atoms with Crippen LogP contribution in [0.4, 0.5) is 5.69 Å². The summed E-state index contributed by atoms with van der Waals surface area (Å²) in [5.41, 5.74) is 7.45. The molecule has 2 aliphatic heterocycles. The lowest BCUT2D eigenvalue weighted by atomic mass is 9.81. The molecular formula is C16H19N3. The van der Waals surface area contributed by atoms with E-state index in [-0.39, 0.29) is 12.1 Å². The number of aryl methyl sites for hydroxylation is 2. The molecule has 1 aromatic carbocycles. The zero-order valence-corrected chi connectivity index (χ0v) is 11.8. The Labute approximate surface area is 114 Å². The molecule has 0 aliphatic carbocycles. The summed E-state index contributed by atoms with van der Waals surface area (Å²) in [5.74, 6) is 0.0670. The van der Waals surface area contributed by atoms with Crippen LogP contribution in [0.25, 0.3) is 0 Å². The minimum absolute atomic E-state index is 0.0218. The highest BCUT2D eigenvalue weighted by molar-refractivity contribution is 6.10. The van der Waals surface area contributed by atoms with E-state index in [4.69, 9.17) is 5.41 Å². The Bertz CT molecular complexity index is 638. The maximum absolute atomic E-state index is 8.53. The maximum atomic E-state index is 8.53. The predicted octanol–water partition coefficient (Wildman–Crippen LogP) is 3.46. The molecule has 0 saturated carbocycles. The van der Waals surface area contributed by atoms with Gasteiger partial charge in [0.15, 0.2) is 0 Å². The number of allylic oxidation sites excluding steroid dienone is 1. The van der Waals surface area contributed by atoms with Crippen LogP contribution in [0.2, 0.25) is 0 Å². The van der Waals surface area contributed by atoms with Crippen molar-refractivity contribution in [3.63, 3.8) is 0 Å². The first kappa shape index (κ1) is 12.2. The van der Waals surface area contributed by atoms with Gasteiger partial charge < -0.3 is 10.7 Å². The first-order chi connectivity index (χ1) is 8.97. The number of hydrogen-bond donors (Lipinski definition) is 2.